The van der Waals surface area contributed by atoms with Gasteiger partial charge in [-0.15, -0.1) is 0 Å². The summed E-state index contributed by atoms with van der Waals surface area (Å²) in [6, 6.07) is 2.84. The SMILES string of the molecule is Cc1c(C(=O)O)oc2ccc(N)c(S(C)(=O)=O)c12. The van der Waals surface area contributed by atoms with Crippen LogP contribution in [0.3, 0.4) is 0 Å². The number of carboxylic acids is 1. The van der Waals surface area contributed by atoms with Crippen molar-refractivity contribution in [3.63, 3.8) is 0 Å². The highest BCUT2D eigenvalue weighted by atomic mass is 32.2. The summed E-state index contributed by atoms with van der Waals surface area (Å²) in [5.41, 5.74) is 6.18. The molecule has 0 aliphatic rings. The number of hydrogen-bond donors (Lipinski definition) is 2. The smallest absolute Gasteiger partial charge is 0.372 e. The van der Waals surface area contributed by atoms with Crippen LogP contribution >= 0.6 is 0 Å². The Labute approximate surface area is 103 Å². The van der Waals surface area contributed by atoms with E-state index in [0.717, 1.165) is 6.26 Å². The van der Waals surface area contributed by atoms with Crippen LogP contribution in [-0.2, 0) is 9.84 Å². The highest BCUT2D eigenvalue weighted by Gasteiger charge is 2.24. The molecule has 0 atom stereocenters. The van der Waals surface area contributed by atoms with Gasteiger partial charge in [0, 0.05) is 17.2 Å². The van der Waals surface area contributed by atoms with Crippen molar-refractivity contribution in [3.05, 3.63) is 23.5 Å². The second-order valence-corrected chi connectivity index (χ2v) is 5.94. The molecule has 0 unspecified atom stereocenters. The molecule has 0 bridgehead atoms. The van der Waals surface area contributed by atoms with Crippen LogP contribution in [0.15, 0.2) is 21.4 Å². The van der Waals surface area contributed by atoms with Crippen molar-refractivity contribution in [2.24, 2.45) is 0 Å². The van der Waals surface area contributed by atoms with E-state index in [4.69, 9.17) is 15.3 Å². The predicted octanol–water partition coefficient (Wildman–Crippen LogP) is 1.43. The largest absolute Gasteiger partial charge is 0.475 e. The summed E-state index contributed by atoms with van der Waals surface area (Å²) in [6.07, 6.45) is 1.02. The maximum Gasteiger partial charge on any atom is 0.372 e. The Morgan fingerprint density at radius 1 is 1.39 bits per heavy atom. The zero-order valence-electron chi connectivity index (χ0n) is 9.72. The van der Waals surface area contributed by atoms with Crippen LogP contribution in [-0.4, -0.2) is 25.7 Å². The topological polar surface area (TPSA) is 111 Å². The normalized spacial score (nSPS) is 11.9. The van der Waals surface area contributed by atoms with Crippen LogP contribution in [0.25, 0.3) is 11.0 Å². The van der Waals surface area contributed by atoms with E-state index in [2.05, 4.69) is 0 Å². The Bertz CT molecular complexity index is 757. The number of anilines is 1. The van der Waals surface area contributed by atoms with Crippen LogP contribution < -0.4 is 5.73 Å². The number of hydrogen-bond acceptors (Lipinski definition) is 5. The first-order valence-electron chi connectivity index (χ1n) is 4.98. The summed E-state index contributed by atoms with van der Waals surface area (Å²) in [5, 5.41) is 9.19. The minimum Gasteiger partial charge on any atom is -0.475 e. The number of carboxylic acid groups (broad SMARTS) is 1. The minimum absolute atomic E-state index is 0.0749. The van der Waals surface area contributed by atoms with Crippen molar-refractivity contribution in [1.29, 1.82) is 0 Å². The molecule has 3 N–H and O–H groups in total. The van der Waals surface area contributed by atoms with E-state index >= 15 is 0 Å². The first-order chi connectivity index (χ1) is 8.23. The average Bonchev–Trinajstić information content (AvgIpc) is 2.54. The van der Waals surface area contributed by atoms with E-state index in [1.54, 1.807) is 0 Å². The fourth-order valence-electron chi connectivity index (χ4n) is 1.92. The molecule has 1 aromatic carbocycles. The third-order valence-electron chi connectivity index (χ3n) is 2.64. The lowest BCUT2D eigenvalue weighted by molar-refractivity contribution is 0.0664. The number of nitrogen functional groups attached to an aromatic ring is 1. The van der Waals surface area contributed by atoms with E-state index in [-0.39, 0.29) is 32.9 Å². The van der Waals surface area contributed by atoms with Crippen molar-refractivity contribution in [2.75, 3.05) is 12.0 Å². The van der Waals surface area contributed by atoms with Crippen molar-refractivity contribution in [2.45, 2.75) is 11.8 Å². The summed E-state index contributed by atoms with van der Waals surface area (Å²) in [7, 11) is -3.57. The third kappa shape index (κ3) is 1.72. The number of carbonyl (C=O) groups is 1. The Kier molecular flexibility index (Phi) is 2.58. The van der Waals surface area contributed by atoms with E-state index in [9.17, 15) is 13.2 Å². The zero-order valence-corrected chi connectivity index (χ0v) is 10.5. The molecule has 6 nitrogen and oxygen atoms in total. The molecule has 7 heteroatoms. The number of benzene rings is 1. The molecule has 96 valence electrons. The van der Waals surface area contributed by atoms with Gasteiger partial charge in [0.2, 0.25) is 5.76 Å². The number of sulfone groups is 1. The lowest BCUT2D eigenvalue weighted by Gasteiger charge is -2.04. The Morgan fingerprint density at radius 2 is 2.00 bits per heavy atom. The van der Waals surface area contributed by atoms with Crippen molar-refractivity contribution in [3.8, 4) is 0 Å². The summed E-state index contributed by atoms with van der Waals surface area (Å²) in [5.74, 6) is -1.53. The van der Waals surface area contributed by atoms with E-state index in [1.807, 2.05) is 0 Å². The molecular weight excluding hydrogens is 258 g/mol. The van der Waals surface area contributed by atoms with Crippen LogP contribution in [0.4, 0.5) is 5.69 Å². The highest BCUT2D eigenvalue weighted by molar-refractivity contribution is 7.91. The molecule has 0 radical (unpaired) electrons. The molecule has 0 amide bonds. The molecule has 1 heterocycles. The predicted molar refractivity (Wildman–Crippen MR) is 65.4 cm³/mol. The number of aryl methyl sites for hydroxylation is 1. The van der Waals surface area contributed by atoms with Gasteiger partial charge in [0.1, 0.15) is 10.5 Å². The second-order valence-electron chi connectivity index (χ2n) is 3.99. The van der Waals surface area contributed by atoms with Crippen LogP contribution in [0.5, 0.6) is 0 Å². The third-order valence-corrected chi connectivity index (χ3v) is 3.82. The molecule has 2 aromatic rings. The molecule has 0 aliphatic carbocycles. The summed E-state index contributed by atoms with van der Waals surface area (Å²) >= 11 is 0. The van der Waals surface area contributed by atoms with Gasteiger partial charge in [0.15, 0.2) is 9.84 Å². The average molecular weight is 269 g/mol. The molecule has 18 heavy (non-hydrogen) atoms. The summed E-state index contributed by atoms with van der Waals surface area (Å²) in [6.45, 7) is 1.49. The number of aromatic carboxylic acids is 1. The number of fused-ring (bicyclic) bond motifs is 1. The van der Waals surface area contributed by atoms with Gasteiger partial charge in [-0.1, -0.05) is 0 Å². The van der Waals surface area contributed by atoms with Gasteiger partial charge in [0.25, 0.3) is 0 Å². The van der Waals surface area contributed by atoms with Gasteiger partial charge in [-0.3, -0.25) is 0 Å². The monoisotopic (exact) mass is 269 g/mol. The molecule has 0 saturated heterocycles. The molecule has 2 rings (SSSR count). The quantitative estimate of drug-likeness (QED) is 0.798. The first kappa shape index (κ1) is 12.4. The second kappa shape index (κ2) is 3.74. The maximum absolute atomic E-state index is 11.7. The lowest BCUT2D eigenvalue weighted by Crippen LogP contribution is -2.03. The van der Waals surface area contributed by atoms with Crippen LogP contribution in [0.1, 0.15) is 16.1 Å². The Morgan fingerprint density at radius 3 is 2.50 bits per heavy atom. The fourth-order valence-corrected chi connectivity index (χ4v) is 3.05. The van der Waals surface area contributed by atoms with Gasteiger partial charge >= 0.3 is 5.97 Å². The van der Waals surface area contributed by atoms with Crippen molar-refractivity contribution in [1.82, 2.24) is 0 Å². The van der Waals surface area contributed by atoms with Crippen molar-refractivity contribution >= 4 is 32.5 Å². The highest BCUT2D eigenvalue weighted by Crippen LogP contribution is 2.34. The zero-order chi connectivity index (χ0) is 13.7. The lowest BCUT2D eigenvalue weighted by atomic mass is 10.1. The summed E-state index contributed by atoms with van der Waals surface area (Å²) in [4.78, 5) is 10.9. The first-order valence-corrected chi connectivity index (χ1v) is 6.87. The molecule has 0 aliphatic heterocycles. The maximum atomic E-state index is 11.7. The number of nitrogens with two attached hydrogens (primary N) is 1. The molecule has 0 fully saturated rings. The minimum atomic E-state index is -3.57. The van der Waals surface area contributed by atoms with Crippen LogP contribution in [0.2, 0.25) is 0 Å². The number of furan rings is 1. The van der Waals surface area contributed by atoms with E-state index in [1.165, 1.54) is 19.1 Å². The van der Waals surface area contributed by atoms with Crippen LogP contribution in [0, 0.1) is 6.92 Å². The standard InChI is InChI=1S/C11H11NO5S/c1-5-8-7(17-9(5)11(13)14)4-3-6(12)10(8)18(2,15)16/h3-4H,12H2,1-2H3,(H,13,14). The molecule has 0 spiro atoms. The van der Waals surface area contributed by atoms with E-state index in [0.29, 0.717) is 0 Å². The molecular formula is C11H11NO5S. The fraction of sp³-hybridized carbons (Fsp3) is 0.182. The van der Waals surface area contributed by atoms with Gasteiger partial charge in [-0.05, 0) is 19.1 Å². The Balaban J connectivity index is 3.02. The van der Waals surface area contributed by atoms with Gasteiger partial charge in [0.05, 0.1) is 5.69 Å². The number of rotatable bonds is 2. The molecule has 0 saturated carbocycles. The van der Waals surface area contributed by atoms with Gasteiger partial charge in [-0.25, -0.2) is 13.2 Å². The summed E-state index contributed by atoms with van der Waals surface area (Å²) < 4.78 is 28.6. The van der Waals surface area contributed by atoms with Gasteiger partial charge < -0.3 is 15.3 Å². The van der Waals surface area contributed by atoms with E-state index < -0.39 is 15.8 Å². The Hall–Kier alpha value is -2.02. The van der Waals surface area contributed by atoms with Crippen molar-refractivity contribution < 1.29 is 22.7 Å². The molecule has 1 aromatic heterocycles. The van der Waals surface area contributed by atoms with Gasteiger partial charge in [-0.2, -0.15) is 0 Å².